The minimum Gasteiger partial charge on any atom is -0.461 e. The monoisotopic (exact) mass is 233 g/mol. The molecule has 1 aliphatic rings. The third-order valence-electron chi connectivity index (χ3n) is 3.60. The van der Waals surface area contributed by atoms with Crippen LogP contribution < -0.4 is 0 Å². The summed E-state index contributed by atoms with van der Waals surface area (Å²) < 4.78 is 5.37. The summed E-state index contributed by atoms with van der Waals surface area (Å²) in [4.78, 5) is 14.1. The molecule has 0 radical (unpaired) electrons. The lowest BCUT2D eigenvalue weighted by Crippen LogP contribution is -2.31. The Morgan fingerprint density at radius 1 is 1.41 bits per heavy atom. The van der Waals surface area contributed by atoms with Crippen molar-refractivity contribution in [3.05, 3.63) is 35.9 Å². The molecule has 2 rings (SSSR count). The molecule has 0 spiro atoms. The van der Waals surface area contributed by atoms with E-state index in [1.54, 1.807) is 0 Å². The second kappa shape index (κ2) is 5.32. The van der Waals surface area contributed by atoms with Gasteiger partial charge in [0.1, 0.15) is 6.61 Å². The van der Waals surface area contributed by atoms with Gasteiger partial charge in [-0.15, -0.1) is 0 Å². The number of rotatable bonds is 3. The molecule has 1 saturated heterocycles. The molecule has 2 unspecified atom stereocenters. The van der Waals surface area contributed by atoms with Gasteiger partial charge in [-0.3, -0.25) is 4.79 Å². The highest BCUT2D eigenvalue weighted by molar-refractivity contribution is 5.73. The molecular formula is C14H19NO2. The number of hydrogen-bond donors (Lipinski definition) is 0. The number of likely N-dealkylation sites (tertiary alicyclic amines) is 1. The van der Waals surface area contributed by atoms with E-state index in [9.17, 15) is 4.79 Å². The lowest BCUT2D eigenvalue weighted by atomic mass is 10.0. The minimum atomic E-state index is -0.0642. The molecule has 0 bridgehead atoms. The van der Waals surface area contributed by atoms with E-state index in [-0.39, 0.29) is 11.9 Å². The molecule has 3 heteroatoms. The van der Waals surface area contributed by atoms with E-state index in [1.165, 1.54) is 0 Å². The molecule has 1 heterocycles. The van der Waals surface area contributed by atoms with E-state index in [2.05, 4.69) is 18.9 Å². The smallest absolute Gasteiger partial charge is 0.310 e. The molecule has 0 aliphatic carbocycles. The van der Waals surface area contributed by atoms with Crippen molar-refractivity contribution >= 4 is 5.97 Å². The van der Waals surface area contributed by atoms with Gasteiger partial charge in [-0.05, 0) is 32.5 Å². The van der Waals surface area contributed by atoms with Gasteiger partial charge >= 0.3 is 5.97 Å². The summed E-state index contributed by atoms with van der Waals surface area (Å²) in [5.74, 6) is -0.0329. The summed E-state index contributed by atoms with van der Waals surface area (Å²) in [5, 5.41) is 0. The van der Waals surface area contributed by atoms with Crippen LogP contribution in [0, 0.1) is 5.92 Å². The van der Waals surface area contributed by atoms with Gasteiger partial charge in [0.2, 0.25) is 0 Å². The lowest BCUT2D eigenvalue weighted by Gasteiger charge is -2.19. The van der Waals surface area contributed by atoms with Gasteiger partial charge < -0.3 is 9.64 Å². The molecule has 0 saturated carbocycles. The molecule has 1 aromatic carbocycles. The second-order valence-electron chi connectivity index (χ2n) is 4.71. The highest BCUT2D eigenvalue weighted by Gasteiger charge is 2.34. The van der Waals surface area contributed by atoms with Crippen molar-refractivity contribution in [2.75, 3.05) is 13.6 Å². The summed E-state index contributed by atoms with van der Waals surface area (Å²) in [6.07, 6.45) is 0.908. The fourth-order valence-corrected chi connectivity index (χ4v) is 2.25. The minimum absolute atomic E-state index is 0.0312. The van der Waals surface area contributed by atoms with Crippen LogP contribution in [0.15, 0.2) is 30.3 Å². The van der Waals surface area contributed by atoms with Gasteiger partial charge in [0, 0.05) is 6.04 Å². The SMILES string of the molecule is CC1C(C(=O)OCc2ccccc2)CCN1C. The van der Waals surface area contributed by atoms with E-state index < -0.39 is 0 Å². The van der Waals surface area contributed by atoms with E-state index in [1.807, 2.05) is 30.3 Å². The van der Waals surface area contributed by atoms with Crippen LogP contribution >= 0.6 is 0 Å². The van der Waals surface area contributed by atoms with Gasteiger partial charge in [-0.2, -0.15) is 0 Å². The Labute approximate surface area is 102 Å². The average molecular weight is 233 g/mol. The molecule has 1 aromatic rings. The summed E-state index contributed by atoms with van der Waals surface area (Å²) in [6, 6.07) is 10.1. The first-order valence-electron chi connectivity index (χ1n) is 6.09. The van der Waals surface area contributed by atoms with Crippen molar-refractivity contribution < 1.29 is 9.53 Å². The van der Waals surface area contributed by atoms with Crippen LogP contribution in [0.2, 0.25) is 0 Å². The second-order valence-corrected chi connectivity index (χ2v) is 4.71. The molecule has 92 valence electrons. The Hall–Kier alpha value is -1.35. The van der Waals surface area contributed by atoms with Gasteiger partial charge in [-0.25, -0.2) is 0 Å². The van der Waals surface area contributed by atoms with Crippen LogP contribution in [0.4, 0.5) is 0 Å². The van der Waals surface area contributed by atoms with E-state index in [0.717, 1.165) is 18.5 Å². The summed E-state index contributed by atoms with van der Waals surface area (Å²) in [5.41, 5.74) is 1.04. The maximum Gasteiger partial charge on any atom is 0.310 e. The standard InChI is InChI=1S/C14H19NO2/c1-11-13(8-9-15(11)2)14(16)17-10-12-6-4-3-5-7-12/h3-7,11,13H,8-10H2,1-2H3. The number of benzene rings is 1. The van der Waals surface area contributed by atoms with E-state index in [0.29, 0.717) is 12.6 Å². The predicted octanol–water partition coefficient (Wildman–Crippen LogP) is 2.07. The maximum absolute atomic E-state index is 11.9. The Kier molecular flexibility index (Phi) is 3.79. The van der Waals surface area contributed by atoms with Crippen LogP contribution in [0.1, 0.15) is 18.9 Å². The zero-order chi connectivity index (χ0) is 12.3. The molecular weight excluding hydrogens is 214 g/mol. The topological polar surface area (TPSA) is 29.5 Å². The Bertz CT molecular complexity index is 377. The summed E-state index contributed by atoms with van der Waals surface area (Å²) in [6.45, 7) is 3.44. The predicted molar refractivity (Wildman–Crippen MR) is 66.4 cm³/mol. The molecule has 0 N–H and O–H groups in total. The number of nitrogens with zero attached hydrogens (tertiary/aromatic N) is 1. The van der Waals surface area contributed by atoms with Gasteiger partial charge in [0.25, 0.3) is 0 Å². The first kappa shape index (κ1) is 12.1. The fourth-order valence-electron chi connectivity index (χ4n) is 2.25. The van der Waals surface area contributed by atoms with Crippen molar-refractivity contribution in [1.29, 1.82) is 0 Å². The quantitative estimate of drug-likeness (QED) is 0.748. The zero-order valence-corrected chi connectivity index (χ0v) is 10.4. The van der Waals surface area contributed by atoms with Crippen LogP contribution in [-0.4, -0.2) is 30.5 Å². The van der Waals surface area contributed by atoms with Crippen molar-refractivity contribution in [3.8, 4) is 0 Å². The Balaban J connectivity index is 1.86. The van der Waals surface area contributed by atoms with Gasteiger partial charge in [0.15, 0.2) is 0 Å². The molecule has 17 heavy (non-hydrogen) atoms. The lowest BCUT2D eigenvalue weighted by molar-refractivity contribution is -0.150. The first-order valence-corrected chi connectivity index (χ1v) is 6.09. The van der Waals surface area contributed by atoms with Crippen molar-refractivity contribution in [3.63, 3.8) is 0 Å². The zero-order valence-electron chi connectivity index (χ0n) is 10.4. The van der Waals surface area contributed by atoms with Crippen LogP contribution in [0.3, 0.4) is 0 Å². The molecule has 2 atom stereocenters. The highest BCUT2D eigenvalue weighted by atomic mass is 16.5. The third-order valence-corrected chi connectivity index (χ3v) is 3.60. The fraction of sp³-hybridized carbons (Fsp3) is 0.500. The van der Waals surface area contributed by atoms with E-state index >= 15 is 0 Å². The van der Waals surface area contributed by atoms with Crippen LogP contribution in [0.25, 0.3) is 0 Å². The normalized spacial score (nSPS) is 24.8. The van der Waals surface area contributed by atoms with Crippen molar-refractivity contribution in [1.82, 2.24) is 4.90 Å². The number of carbonyl (C=O) groups excluding carboxylic acids is 1. The summed E-state index contributed by atoms with van der Waals surface area (Å²) >= 11 is 0. The average Bonchev–Trinajstić information content (AvgIpc) is 2.69. The maximum atomic E-state index is 11.9. The summed E-state index contributed by atoms with van der Waals surface area (Å²) in [7, 11) is 2.05. The third kappa shape index (κ3) is 2.86. The Morgan fingerprint density at radius 2 is 2.12 bits per heavy atom. The molecule has 0 amide bonds. The van der Waals surface area contributed by atoms with Crippen molar-refractivity contribution in [2.24, 2.45) is 5.92 Å². The highest BCUT2D eigenvalue weighted by Crippen LogP contribution is 2.23. The van der Waals surface area contributed by atoms with Crippen LogP contribution in [0.5, 0.6) is 0 Å². The molecule has 1 aliphatic heterocycles. The molecule has 1 fully saturated rings. The van der Waals surface area contributed by atoms with Gasteiger partial charge in [0.05, 0.1) is 5.92 Å². The molecule has 0 aromatic heterocycles. The van der Waals surface area contributed by atoms with E-state index in [4.69, 9.17) is 4.74 Å². The van der Waals surface area contributed by atoms with Gasteiger partial charge in [-0.1, -0.05) is 30.3 Å². The van der Waals surface area contributed by atoms with Crippen molar-refractivity contribution in [2.45, 2.75) is 26.0 Å². The number of esters is 1. The number of hydrogen-bond acceptors (Lipinski definition) is 3. The largest absolute Gasteiger partial charge is 0.461 e. The van der Waals surface area contributed by atoms with Crippen LogP contribution in [-0.2, 0) is 16.1 Å². The number of ether oxygens (including phenoxy) is 1. The number of carbonyl (C=O) groups is 1. The Morgan fingerprint density at radius 3 is 2.71 bits per heavy atom. The molecule has 3 nitrogen and oxygen atoms in total. The first-order chi connectivity index (χ1) is 8.18.